The standard InChI is InChI=1S/C9H16N4OS.ClH/c1-6-5-8(13-12-6)11-9(14)7(10)3-4-15-2;/h5,7H,3-4,10H2,1-2H3,(H2,11,12,13,14);1H/t7-;/m0./s1. The molecule has 0 fully saturated rings. The number of rotatable bonds is 5. The van der Waals surface area contributed by atoms with Crippen molar-refractivity contribution in [3.63, 3.8) is 0 Å². The van der Waals surface area contributed by atoms with E-state index in [1.807, 2.05) is 13.2 Å². The van der Waals surface area contributed by atoms with Gasteiger partial charge < -0.3 is 11.1 Å². The van der Waals surface area contributed by atoms with E-state index in [4.69, 9.17) is 5.73 Å². The third-order valence-electron chi connectivity index (χ3n) is 1.93. The number of hydrogen-bond acceptors (Lipinski definition) is 4. The van der Waals surface area contributed by atoms with Gasteiger partial charge in [0, 0.05) is 11.8 Å². The van der Waals surface area contributed by atoms with Crippen LogP contribution < -0.4 is 11.1 Å². The highest BCUT2D eigenvalue weighted by Gasteiger charge is 2.13. The maximum absolute atomic E-state index is 11.5. The zero-order valence-electron chi connectivity index (χ0n) is 9.32. The summed E-state index contributed by atoms with van der Waals surface area (Å²) in [4.78, 5) is 11.5. The van der Waals surface area contributed by atoms with E-state index in [-0.39, 0.29) is 18.3 Å². The summed E-state index contributed by atoms with van der Waals surface area (Å²) in [5.74, 6) is 1.22. The molecule has 0 radical (unpaired) electrons. The van der Waals surface area contributed by atoms with Gasteiger partial charge in [-0.1, -0.05) is 0 Å². The second-order valence-corrected chi connectivity index (χ2v) is 4.30. The van der Waals surface area contributed by atoms with Crippen molar-refractivity contribution in [1.29, 1.82) is 0 Å². The number of nitrogens with two attached hydrogens (primary N) is 1. The molecular weight excluding hydrogens is 248 g/mol. The quantitative estimate of drug-likeness (QED) is 0.745. The van der Waals surface area contributed by atoms with E-state index >= 15 is 0 Å². The number of anilines is 1. The first-order valence-corrected chi connectivity index (χ1v) is 6.10. The van der Waals surface area contributed by atoms with Crippen molar-refractivity contribution in [2.45, 2.75) is 19.4 Å². The molecule has 0 saturated heterocycles. The first-order valence-electron chi connectivity index (χ1n) is 4.71. The number of carbonyl (C=O) groups excluding carboxylic acids is 1. The van der Waals surface area contributed by atoms with E-state index in [0.717, 1.165) is 11.4 Å². The Morgan fingerprint density at radius 2 is 2.44 bits per heavy atom. The number of aromatic amines is 1. The van der Waals surface area contributed by atoms with Crippen LogP contribution in [-0.4, -0.2) is 34.2 Å². The van der Waals surface area contributed by atoms with Gasteiger partial charge in [-0.2, -0.15) is 16.9 Å². The molecule has 1 amide bonds. The number of carbonyl (C=O) groups is 1. The zero-order valence-corrected chi connectivity index (χ0v) is 11.0. The molecule has 0 unspecified atom stereocenters. The lowest BCUT2D eigenvalue weighted by Crippen LogP contribution is -2.36. The Morgan fingerprint density at radius 3 is 2.94 bits per heavy atom. The van der Waals surface area contributed by atoms with Gasteiger partial charge in [0.2, 0.25) is 5.91 Å². The summed E-state index contributed by atoms with van der Waals surface area (Å²) in [6.07, 6.45) is 2.66. The monoisotopic (exact) mass is 264 g/mol. The maximum Gasteiger partial charge on any atom is 0.242 e. The van der Waals surface area contributed by atoms with Crippen molar-refractivity contribution in [2.24, 2.45) is 5.73 Å². The molecule has 1 heterocycles. The lowest BCUT2D eigenvalue weighted by molar-refractivity contribution is -0.117. The van der Waals surface area contributed by atoms with Crippen LogP contribution in [0.5, 0.6) is 0 Å². The minimum Gasteiger partial charge on any atom is -0.320 e. The van der Waals surface area contributed by atoms with Gasteiger partial charge >= 0.3 is 0 Å². The van der Waals surface area contributed by atoms with Crippen LogP contribution in [0.2, 0.25) is 0 Å². The molecule has 1 atom stereocenters. The summed E-state index contributed by atoms with van der Waals surface area (Å²) in [6.45, 7) is 1.87. The van der Waals surface area contributed by atoms with Crippen LogP contribution in [-0.2, 0) is 4.79 Å². The summed E-state index contributed by atoms with van der Waals surface area (Å²) in [6, 6.07) is 1.30. The Kier molecular flexibility index (Phi) is 7.20. The van der Waals surface area contributed by atoms with Gasteiger partial charge in [-0.05, 0) is 25.4 Å². The Morgan fingerprint density at radius 1 is 1.75 bits per heavy atom. The highest BCUT2D eigenvalue weighted by Crippen LogP contribution is 2.05. The van der Waals surface area contributed by atoms with Crippen molar-refractivity contribution in [3.05, 3.63) is 11.8 Å². The van der Waals surface area contributed by atoms with Crippen LogP contribution in [0.15, 0.2) is 6.07 Å². The summed E-state index contributed by atoms with van der Waals surface area (Å²) in [5.41, 5.74) is 6.60. The smallest absolute Gasteiger partial charge is 0.242 e. The second-order valence-electron chi connectivity index (χ2n) is 3.31. The maximum atomic E-state index is 11.5. The first kappa shape index (κ1) is 15.3. The highest BCUT2D eigenvalue weighted by molar-refractivity contribution is 7.98. The second kappa shape index (κ2) is 7.54. The number of hydrogen-bond donors (Lipinski definition) is 3. The molecule has 1 aromatic heterocycles. The summed E-state index contributed by atoms with van der Waals surface area (Å²) in [7, 11) is 0. The Hall–Kier alpha value is -0.720. The molecule has 0 aromatic carbocycles. The van der Waals surface area contributed by atoms with Crippen molar-refractivity contribution < 1.29 is 4.79 Å². The predicted octanol–water partition coefficient (Wildman–Crippen LogP) is 1.16. The fourth-order valence-corrected chi connectivity index (χ4v) is 1.57. The van der Waals surface area contributed by atoms with E-state index in [2.05, 4.69) is 15.5 Å². The average molecular weight is 265 g/mol. The van der Waals surface area contributed by atoms with E-state index in [0.29, 0.717) is 12.2 Å². The Bertz CT molecular complexity index is 331. The summed E-state index contributed by atoms with van der Waals surface area (Å²) in [5, 5.41) is 9.30. The van der Waals surface area contributed by atoms with Crippen LogP contribution in [0.25, 0.3) is 0 Å². The number of aryl methyl sites for hydroxylation is 1. The largest absolute Gasteiger partial charge is 0.320 e. The van der Waals surface area contributed by atoms with Gasteiger partial charge in [0.1, 0.15) is 0 Å². The van der Waals surface area contributed by atoms with E-state index in [1.165, 1.54) is 0 Å². The molecule has 0 aliphatic rings. The van der Waals surface area contributed by atoms with E-state index in [1.54, 1.807) is 17.8 Å². The number of aromatic nitrogens is 2. The van der Waals surface area contributed by atoms with Gasteiger partial charge in [-0.3, -0.25) is 9.89 Å². The van der Waals surface area contributed by atoms with Gasteiger partial charge in [-0.15, -0.1) is 12.4 Å². The predicted molar refractivity (Wildman–Crippen MR) is 70.2 cm³/mol. The third kappa shape index (κ3) is 4.87. The number of halogens is 1. The Labute approximate surface area is 105 Å². The molecule has 0 spiro atoms. The van der Waals surface area contributed by atoms with Crippen molar-refractivity contribution in [2.75, 3.05) is 17.3 Å². The molecule has 4 N–H and O–H groups in total. The van der Waals surface area contributed by atoms with Gasteiger partial charge in [0.25, 0.3) is 0 Å². The molecule has 0 saturated carbocycles. The van der Waals surface area contributed by atoms with Gasteiger partial charge in [0.05, 0.1) is 6.04 Å². The zero-order chi connectivity index (χ0) is 11.3. The lowest BCUT2D eigenvalue weighted by atomic mass is 10.2. The molecule has 7 heteroatoms. The van der Waals surface area contributed by atoms with E-state index in [9.17, 15) is 4.79 Å². The summed E-state index contributed by atoms with van der Waals surface area (Å²) >= 11 is 1.68. The van der Waals surface area contributed by atoms with Crippen LogP contribution >= 0.6 is 24.2 Å². The van der Waals surface area contributed by atoms with Gasteiger partial charge in [0.15, 0.2) is 5.82 Å². The molecular formula is C9H17ClN4OS. The third-order valence-corrected chi connectivity index (χ3v) is 2.57. The highest BCUT2D eigenvalue weighted by atomic mass is 35.5. The molecule has 1 rings (SSSR count). The molecule has 16 heavy (non-hydrogen) atoms. The molecule has 92 valence electrons. The number of H-pyrrole nitrogens is 1. The number of nitrogens with zero attached hydrogens (tertiary/aromatic N) is 1. The fourth-order valence-electron chi connectivity index (χ4n) is 1.08. The minimum atomic E-state index is -0.463. The molecule has 5 nitrogen and oxygen atoms in total. The van der Waals surface area contributed by atoms with Crippen LogP contribution in [0.3, 0.4) is 0 Å². The van der Waals surface area contributed by atoms with Crippen LogP contribution in [0.4, 0.5) is 5.82 Å². The SMILES string of the molecule is CSCC[C@H](N)C(=O)Nc1cc(C)[nH]n1.Cl. The van der Waals surface area contributed by atoms with Crippen molar-refractivity contribution >= 4 is 35.9 Å². The molecule has 1 aromatic rings. The van der Waals surface area contributed by atoms with Crippen LogP contribution in [0.1, 0.15) is 12.1 Å². The number of amides is 1. The summed E-state index contributed by atoms with van der Waals surface area (Å²) < 4.78 is 0. The topological polar surface area (TPSA) is 83.8 Å². The number of thioether (sulfide) groups is 1. The van der Waals surface area contributed by atoms with Crippen LogP contribution in [0, 0.1) is 6.92 Å². The fraction of sp³-hybridized carbons (Fsp3) is 0.556. The van der Waals surface area contributed by atoms with E-state index < -0.39 is 6.04 Å². The van der Waals surface area contributed by atoms with Crippen molar-refractivity contribution in [3.8, 4) is 0 Å². The first-order chi connectivity index (χ1) is 7.13. The average Bonchev–Trinajstić information content (AvgIpc) is 2.60. The van der Waals surface area contributed by atoms with Gasteiger partial charge in [-0.25, -0.2) is 0 Å². The minimum absolute atomic E-state index is 0. The number of nitrogens with one attached hydrogen (secondary N) is 2. The normalized spacial score (nSPS) is 11.7. The lowest BCUT2D eigenvalue weighted by Gasteiger charge is -2.09. The molecule has 0 aliphatic heterocycles. The molecule has 0 aliphatic carbocycles. The molecule has 0 bridgehead atoms. The van der Waals surface area contributed by atoms with Crippen molar-refractivity contribution in [1.82, 2.24) is 10.2 Å². The Balaban J connectivity index is 0.00000225.